The highest BCUT2D eigenvalue weighted by atomic mass is 32.1. The van der Waals surface area contributed by atoms with Gasteiger partial charge in [0.25, 0.3) is 0 Å². The SMILES string of the molecule is Cc1cc2c(cc1F)[nH]c(=S)n2C1(C(F)(F)F)CC1. The summed E-state index contributed by atoms with van der Waals surface area (Å²) in [7, 11) is 0. The van der Waals surface area contributed by atoms with Crippen molar-refractivity contribution in [2.75, 3.05) is 0 Å². The molecule has 0 atom stereocenters. The van der Waals surface area contributed by atoms with Gasteiger partial charge < -0.3 is 9.55 Å². The second-order valence-electron chi connectivity index (χ2n) is 4.91. The van der Waals surface area contributed by atoms with Crippen molar-refractivity contribution in [2.45, 2.75) is 31.5 Å². The summed E-state index contributed by atoms with van der Waals surface area (Å²) in [4.78, 5) is 2.65. The van der Waals surface area contributed by atoms with Crippen LogP contribution in [0, 0.1) is 17.5 Å². The zero-order valence-electron chi connectivity index (χ0n) is 9.94. The minimum Gasteiger partial charge on any atom is -0.330 e. The van der Waals surface area contributed by atoms with Crippen molar-refractivity contribution in [3.63, 3.8) is 0 Å². The van der Waals surface area contributed by atoms with Gasteiger partial charge in [-0.25, -0.2) is 4.39 Å². The lowest BCUT2D eigenvalue weighted by Gasteiger charge is -2.21. The maximum Gasteiger partial charge on any atom is 0.412 e. The first-order chi connectivity index (χ1) is 8.76. The van der Waals surface area contributed by atoms with E-state index in [0.717, 1.165) is 4.57 Å². The molecule has 0 radical (unpaired) electrons. The van der Waals surface area contributed by atoms with Crippen molar-refractivity contribution in [3.8, 4) is 0 Å². The van der Waals surface area contributed by atoms with E-state index >= 15 is 0 Å². The van der Waals surface area contributed by atoms with Gasteiger partial charge >= 0.3 is 6.18 Å². The molecule has 19 heavy (non-hydrogen) atoms. The van der Waals surface area contributed by atoms with Crippen LogP contribution >= 0.6 is 12.2 Å². The van der Waals surface area contributed by atoms with Gasteiger partial charge in [-0.1, -0.05) is 0 Å². The molecule has 1 heterocycles. The molecule has 1 aliphatic rings. The van der Waals surface area contributed by atoms with E-state index in [1.807, 2.05) is 0 Å². The second-order valence-corrected chi connectivity index (χ2v) is 5.30. The van der Waals surface area contributed by atoms with Crippen molar-refractivity contribution >= 4 is 23.3 Å². The maximum absolute atomic E-state index is 13.5. The first kappa shape index (κ1) is 12.7. The zero-order chi connectivity index (χ0) is 14.0. The highest BCUT2D eigenvalue weighted by molar-refractivity contribution is 7.71. The van der Waals surface area contributed by atoms with Crippen LogP contribution in [0.4, 0.5) is 17.6 Å². The predicted molar refractivity (Wildman–Crippen MR) is 65.1 cm³/mol. The van der Waals surface area contributed by atoms with E-state index in [9.17, 15) is 17.6 Å². The molecule has 1 aromatic heterocycles. The summed E-state index contributed by atoms with van der Waals surface area (Å²) in [5.74, 6) is -0.465. The van der Waals surface area contributed by atoms with Gasteiger partial charge in [0.1, 0.15) is 11.4 Å². The number of aromatic nitrogens is 2. The number of nitrogens with one attached hydrogen (secondary N) is 1. The third-order valence-electron chi connectivity index (χ3n) is 3.64. The number of benzene rings is 1. The zero-order valence-corrected chi connectivity index (χ0v) is 10.8. The molecule has 1 N–H and O–H groups in total. The first-order valence-corrected chi connectivity index (χ1v) is 6.15. The fourth-order valence-corrected chi connectivity index (χ4v) is 2.79. The number of fused-ring (bicyclic) bond motifs is 1. The van der Waals surface area contributed by atoms with Crippen LogP contribution in [0.3, 0.4) is 0 Å². The minimum absolute atomic E-state index is 0.00812. The maximum atomic E-state index is 13.5. The second kappa shape index (κ2) is 3.59. The molecule has 102 valence electrons. The van der Waals surface area contributed by atoms with Crippen LogP contribution in [0.2, 0.25) is 0 Å². The third-order valence-corrected chi connectivity index (χ3v) is 3.93. The Bertz CT molecular complexity index is 722. The molecule has 2 nitrogen and oxygen atoms in total. The normalized spacial score (nSPS) is 17.9. The molecule has 0 aliphatic heterocycles. The van der Waals surface area contributed by atoms with Gasteiger partial charge in [0.2, 0.25) is 0 Å². The molecule has 1 fully saturated rings. The molecule has 0 bridgehead atoms. The molecule has 2 aromatic rings. The summed E-state index contributed by atoms with van der Waals surface area (Å²) in [6.07, 6.45) is -4.34. The number of alkyl halides is 3. The molecule has 0 unspecified atom stereocenters. The smallest absolute Gasteiger partial charge is 0.330 e. The largest absolute Gasteiger partial charge is 0.412 e. The van der Waals surface area contributed by atoms with Gasteiger partial charge in [-0.05, 0) is 49.7 Å². The van der Waals surface area contributed by atoms with E-state index in [2.05, 4.69) is 4.98 Å². The van der Waals surface area contributed by atoms with Gasteiger partial charge in [0.05, 0.1) is 11.0 Å². The van der Waals surface area contributed by atoms with Crippen molar-refractivity contribution in [3.05, 3.63) is 28.3 Å². The molecule has 0 saturated heterocycles. The van der Waals surface area contributed by atoms with Gasteiger partial charge in [-0.2, -0.15) is 13.2 Å². The monoisotopic (exact) mass is 290 g/mol. The van der Waals surface area contributed by atoms with E-state index in [0.29, 0.717) is 16.6 Å². The average molecular weight is 290 g/mol. The van der Waals surface area contributed by atoms with Crippen LogP contribution in [0.5, 0.6) is 0 Å². The standard InChI is InChI=1S/C12H10F4N2S/c1-6-4-9-8(5-7(6)13)17-10(19)18(9)11(2-3-11)12(14,15)16/h4-5H,2-3H2,1H3,(H,17,19). The summed E-state index contributed by atoms with van der Waals surface area (Å²) in [5.41, 5.74) is -1.03. The first-order valence-electron chi connectivity index (χ1n) is 5.74. The third kappa shape index (κ3) is 1.64. The highest BCUT2D eigenvalue weighted by Gasteiger charge is 2.65. The van der Waals surface area contributed by atoms with Gasteiger partial charge in [-0.15, -0.1) is 0 Å². The molecular weight excluding hydrogens is 280 g/mol. The van der Waals surface area contributed by atoms with Crippen LogP contribution in [-0.2, 0) is 5.54 Å². The number of H-pyrrole nitrogens is 1. The van der Waals surface area contributed by atoms with Crippen LogP contribution in [0.25, 0.3) is 11.0 Å². The highest BCUT2D eigenvalue weighted by Crippen LogP contribution is 2.56. The van der Waals surface area contributed by atoms with Crippen molar-refractivity contribution in [2.24, 2.45) is 0 Å². The molecular formula is C12H10F4N2S. The van der Waals surface area contributed by atoms with Crippen molar-refractivity contribution in [1.29, 1.82) is 0 Å². The number of imidazole rings is 1. The van der Waals surface area contributed by atoms with E-state index in [4.69, 9.17) is 12.2 Å². The number of aryl methyl sites for hydroxylation is 1. The lowest BCUT2D eigenvalue weighted by molar-refractivity contribution is -0.179. The van der Waals surface area contributed by atoms with Crippen molar-refractivity contribution in [1.82, 2.24) is 9.55 Å². The predicted octanol–water partition coefficient (Wildman–Crippen LogP) is 4.20. The van der Waals surface area contributed by atoms with E-state index in [1.165, 1.54) is 19.1 Å². The van der Waals surface area contributed by atoms with E-state index < -0.39 is 17.5 Å². The van der Waals surface area contributed by atoms with Crippen LogP contribution in [0.1, 0.15) is 18.4 Å². The van der Waals surface area contributed by atoms with Crippen molar-refractivity contribution < 1.29 is 17.6 Å². The Balaban J connectivity index is 2.34. The quantitative estimate of drug-likeness (QED) is 0.616. The summed E-state index contributed by atoms with van der Waals surface area (Å²) < 4.78 is 54.1. The van der Waals surface area contributed by atoms with Gasteiger partial charge in [0, 0.05) is 0 Å². The van der Waals surface area contributed by atoms with E-state index in [1.54, 1.807) is 0 Å². The summed E-state index contributed by atoms with van der Waals surface area (Å²) >= 11 is 4.98. The Morgan fingerprint density at radius 1 is 1.32 bits per heavy atom. The fourth-order valence-electron chi connectivity index (χ4n) is 2.41. The topological polar surface area (TPSA) is 20.7 Å². The van der Waals surface area contributed by atoms with Gasteiger partial charge in [0.15, 0.2) is 4.77 Å². The average Bonchev–Trinajstić information content (AvgIpc) is 3.01. The molecule has 1 aromatic carbocycles. The molecule has 0 spiro atoms. The molecule has 1 aliphatic carbocycles. The number of halogens is 4. The number of hydrogen-bond donors (Lipinski definition) is 1. The Kier molecular flexibility index (Phi) is 2.39. The summed E-state index contributed by atoms with van der Waals surface area (Å²) in [6, 6.07) is 2.59. The Morgan fingerprint density at radius 3 is 2.47 bits per heavy atom. The molecule has 0 amide bonds. The van der Waals surface area contributed by atoms with Crippen LogP contribution < -0.4 is 0 Å². The molecule has 1 saturated carbocycles. The molecule has 7 heteroatoms. The lowest BCUT2D eigenvalue weighted by Crippen LogP contribution is -2.34. The summed E-state index contributed by atoms with van der Waals surface area (Å²) in [6.45, 7) is 1.52. The Morgan fingerprint density at radius 2 is 1.95 bits per heavy atom. The van der Waals surface area contributed by atoms with Crippen LogP contribution in [0.15, 0.2) is 12.1 Å². The Labute approximate surface area is 111 Å². The number of aromatic amines is 1. The Hall–Kier alpha value is -1.37. The number of hydrogen-bond acceptors (Lipinski definition) is 1. The molecule has 3 rings (SSSR count). The number of rotatable bonds is 1. The van der Waals surface area contributed by atoms with E-state index in [-0.39, 0.29) is 17.6 Å². The van der Waals surface area contributed by atoms with Gasteiger partial charge in [-0.3, -0.25) is 0 Å². The number of nitrogens with zero attached hydrogens (tertiary/aromatic N) is 1. The summed E-state index contributed by atoms with van der Waals surface area (Å²) in [5, 5.41) is 0. The van der Waals surface area contributed by atoms with Crippen LogP contribution in [-0.4, -0.2) is 15.7 Å². The fraction of sp³-hybridized carbons (Fsp3) is 0.417. The lowest BCUT2D eigenvalue weighted by atomic mass is 10.2. The minimum atomic E-state index is -4.36.